The average molecular weight is 228 g/mol. The Bertz CT molecular complexity index is 227. The standard InChI is InChI=1S/C12H24N2O2/c1-3-12(2,6-8-15)14-11(16)10-5-4-7-13-9-10/h10,13,15H,3-9H2,1-2H3,(H,14,16)/t10-,12?/m1/s1. The zero-order chi connectivity index (χ0) is 12.0. The maximum atomic E-state index is 12.0. The highest BCUT2D eigenvalue weighted by Crippen LogP contribution is 2.17. The van der Waals surface area contributed by atoms with Crippen LogP contribution in [0.15, 0.2) is 0 Å². The first-order chi connectivity index (χ1) is 7.61. The lowest BCUT2D eigenvalue weighted by Crippen LogP contribution is -2.51. The zero-order valence-electron chi connectivity index (χ0n) is 10.4. The number of nitrogens with one attached hydrogen (secondary N) is 2. The summed E-state index contributed by atoms with van der Waals surface area (Å²) in [6, 6.07) is 0. The van der Waals surface area contributed by atoms with E-state index in [4.69, 9.17) is 5.11 Å². The first kappa shape index (κ1) is 13.5. The molecule has 1 amide bonds. The van der Waals surface area contributed by atoms with Gasteiger partial charge in [0.05, 0.1) is 5.92 Å². The van der Waals surface area contributed by atoms with Crippen molar-refractivity contribution in [1.29, 1.82) is 0 Å². The van der Waals surface area contributed by atoms with E-state index in [0.717, 1.165) is 32.4 Å². The van der Waals surface area contributed by atoms with Crippen molar-refractivity contribution in [2.45, 2.75) is 45.1 Å². The Kier molecular flexibility index (Phi) is 5.22. The highest BCUT2D eigenvalue weighted by molar-refractivity contribution is 5.79. The second kappa shape index (κ2) is 6.21. The van der Waals surface area contributed by atoms with E-state index >= 15 is 0 Å². The topological polar surface area (TPSA) is 61.4 Å². The Morgan fingerprint density at radius 2 is 2.38 bits per heavy atom. The first-order valence-electron chi connectivity index (χ1n) is 6.25. The van der Waals surface area contributed by atoms with Gasteiger partial charge in [-0.05, 0) is 39.2 Å². The molecule has 0 aromatic heterocycles. The summed E-state index contributed by atoms with van der Waals surface area (Å²) in [7, 11) is 0. The molecule has 1 aliphatic rings. The molecule has 1 saturated heterocycles. The monoisotopic (exact) mass is 228 g/mol. The van der Waals surface area contributed by atoms with Crippen LogP contribution in [0.1, 0.15) is 39.5 Å². The van der Waals surface area contributed by atoms with Gasteiger partial charge in [0.2, 0.25) is 5.91 Å². The van der Waals surface area contributed by atoms with E-state index in [9.17, 15) is 4.79 Å². The van der Waals surface area contributed by atoms with E-state index in [2.05, 4.69) is 10.6 Å². The van der Waals surface area contributed by atoms with E-state index in [1.807, 2.05) is 13.8 Å². The van der Waals surface area contributed by atoms with Crippen LogP contribution in [-0.4, -0.2) is 36.2 Å². The molecule has 0 aromatic rings. The van der Waals surface area contributed by atoms with Crippen molar-refractivity contribution in [1.82, 2.24) is 10.6 Å². The number of aliphatic hydroxyl groups excluding tert-OH is 1. The van der Waals surface area contributed by atoms with Crippen LogP contribution >= 0.6 is 0 Å². The van der Waals surface area contributed by atoms with Crippen LogP contribution in [0.4, 0.5) is 0 Å². The lowest BCUT2D eigenvalue weighted by molar-refractivity contribution is -0.127. The highest BCUT2D eigenvalue weighted by Gasteiger charge is 2.28. The summed E-state index contributed by atoms with van der Waals surface area (Å²) in [6.07, 6.45) is 3.51. The number of hydrogen-bond donors (Lipinski definition) is 3. The minimum atomic E-state index is -0.261. The smallest absolute Gasteiger partial charge is 0.224 e. The molecule has 2 atom stereocenters. The first-order valence-corrected chi connectivity index (χ1v) is 6.25. The molecule has 1 unspecified atom stereocenters. The number of amides is 1. The molecule has 0 radical (unpaired) electrons. The molecule has 4 nitrogen and oxygen atoms in total. The van der Waals surface area contributed by atoms with Gasteiger partial charge in [0.25, 0.3) is 0 Å². The predicted octanol–water partition coefficient (Wildman–Crippen LogP) is 0.653. The molecule has 0 aromatic carbocycles. The van der Waals surface area contributed by atoms with Crippen LogP contribution in [0, 0.1) is 5.92 Å². The zero-order valence-corrected chi connectivity index (χ0v) is 10.4. The van der Waals surface area contributed by atoms with Crippen LogP contribution in [0.2, 0.25) is 0 Å². The summed E-state index contributed by atoms with van der Waals surface area (Å²) in [4.78, 5) is 12.0. The van der Waals surface area contributed by atoms with Gasteiger partial charge in [0.1, 0.15) is 0 Å². The number of aliphatic hydroxyl groups is 1. The Morgan fingerprint density at radius 1 is 1.62 bits per heavy atom. The fourth-order valence-electron chi connectivity index (χ4n) is 2.05. The molecule has 0 spiro atoms. The fourth-order valence-corrected chi connectivity index (χ4v) is 2.05. The molecular formula is C12H24N2O2. The summed E-state index contributed by atoms with van der Waals surface area (Å²) in [5.41, 5.74) is -0.261. The van der Waals surface area contributed by atoms with Gasteiger partial charge < -0.3 is 15.7 Å². The van der Waals surface area contributed by atoms with Gasteiger partial charge in [-0.15, -0.1) is 0 Å². The molecule has 0 saturated carbocycles. The van der Waals surface area contributed by atoms with Crippen molar-refractivity contribution in [2.24, 2.45) is 5.92 Å². The maximum Gasteiger partial charge on any atom is 0.224 e. The third kappa shape index (κ3) is 3.76. The quantitative estimate of drug-likeness (QED) is 0.647. The van der Waals surface area contributed by atoms with Gasteiger partial charge in [0, 0.05) is 18.7 Å². The van der Waals surface area contributed by atoms with E-state index in [0.29, 0.717) is 6.42 Å². The van der Waals surface area contributed by atoms with E-state index in [1.54, 1.807) is 0 Å². The Morgan fingerprint density at radius 3 is 2.88 bits per heavy atom. The highest BCUT2D eigenvalue weighted by atomic mass is 16.3. The third-order valence-corrected chi connectivity index (χ3v) is 3.54. The second-order valence-electron chi connectivity index (χ2n) is 4.92. The molecule has 1 fully saturated rings. The van der Waals surface area contributed by atoms with Crippen molar-refractivity contribution in [3.8, 4) is 0 Å². The van der Waals surface area contributed by atoms with Crippen molar-refractivity contribution < 1.29 is 9.90 Å². The van der Waals surface area contributed by atoms with Gasteiger partial charge in [-0.3, -0.25) is 4.79 Å². The van der Waals surface area contributed by atoms with Crippen molar-refractivity contribution >= 4 is 5.91 Å². The molecule has 1 aliphatic heterocycles. The second-order valence-corrected chi connectivity index (χ2v) is 4.92. The summed E-state index contributed by atoms with van der Waals surface area (Å²) in [6.45, 7) is 5.95. The molecule has 94 valence electrons. The van der Waals surface area contributed by atoms with Crippen LogP contribution in [0.5, 0.6) is 0 Å². The molecule has 1 heterocycles. The van der Waals surface area contributed by atoms with Gasteiger partial charge in [-0.1, -0.05) is 6.92 Å². The summed E-state index contributed by atoms with van der Waals surface area (Å²) in [5, 5.41) is 15.3. The number of carbonyl (C=O) groups excluding carboxylic acids is 1. The molecule has 0 bridgehead atoms. The minimum Gasteiger partial charge on any atom is -0.396 e. The molecular weight excluding hydrogens is 204 g/mol. The predicted molar refractivity (Wildman–Crippen MR) is 64.1 cm³/mol. The molecule has 3 N–H and O–H groups in total. The maximum absolute atomic E-state index is 12.0. The van der Waals surface area contributed by atoms with E-state index < -0.39 is 0 Å². The lowest BCUT2D eigenvalue weighted by atomic mass is 9.92. The number of carbonyl (C=O) groups is 1. The fraction of sp³-hybridized carbons (Fsp3) is 0.917. The normalized spacial score (nSPS) is 24.8. The lowest BCUT2D eigenvalue weighted by Gasteiger charge is -2.32. The van der Waals surface area contributed by atoms with Crippen molar-refractivity contribution in [3.63, 3.8) is 0 Å². The van der Waals surface area contributed by atoms with E-state index in [1.165, 1.54) is 0 Å². The largest absolute Gasteiger partial charge is 0.396 e. The van der Waals surface area contributed by atoms with E-state index in [-0.39, 0.29) is 24.0 Å². The van der Waals surface area contributed by atoms with Gasteiger partial charge in [-0.2, -0.15) is 0 Å². The van der Waals surface area contributed by atoms with Crippen molar-refractivity contribution in [3.05, 3.63) is 0 Å². The Labute approximate surface area is 97.8 Å². The van der Waals surface area contributed by atoms with Gasteiger partial charge in [0.15, 0.2) is 0 Å². The molecule has 16 heavy (non-hydrogen) atoms. The van der Waals surface area contributed by atoms with Gasteiger partial charge in [-0.25, -0.2) is 0 Å². The van der Waals surface area contributed by atoms with Crippen molar-refractivity contribution in [2.75, 3.05) is 19.7 Å². The Balaban J connectivity index is 2.47. The average Bonchev–Trinajstić information content (AvgIpc) is 2.30. The molecule has 4 heteroatoms. The number of piperidine rings is 1. The molecule has 0 aliphatic carbocycles. The third-order valence-electron chi connectivity index (χ3n) is 3.54. The van der Waals surface area contributed by atoms with Crippen LogP contribution < -0.4 is 10.6 Å². The number of rotatable bonds is 5. The number of hydrogen-bond acceptors (Lipinski definition) is 3. The van der Waals surface area contributed by atoms with Gasteiger partial charge >= 0.3 is 0 Å². The Hall–Kier alpha value is -0.610. The summed E-state index contributed by atoms with van der Waals surface area (Å²) in [5.74, 6) is 0.225. The molecule has 1 rings (SSSR count). The summed E-state index contributed by atoms with van der Waals surface area (Å²) < 4.78 is 0. The summed E-state index contributed by atoms with van der Waals surface area (Å²) >= 11 is 0. The SMILES string of the molecule is CCC(C)(CCO)NC(=O)[C@@H]1CCCNC1. The van der Waals surface area contributed by atoms with Crippen LogP contribution in [-0.2, 0) is 4.79 Å². The van der Waals surface area contributed by atoms with Crippen LogP contribution in [0.3, 0.4) is 0 Å². The minimum absolute atomic E-state index is 0.0957. The van der Waals surface area contributed by atoms with Crippen LogP contribution in [0.25, 0.3) is 0 Å².